The first-order chi connectivity index (χ1) is 25.8. The van der Waals surface area contributed by atoms with E-state index in [2.05, 4.69) is 179 Å². The molecule has 12 rings (SSSR count). The molecule has 52 heavy (non-hydrogen) atoms. The zero-order valence-corrected chi connectivity index (χ0v) is 28.0. The highest BCUT2D eigenvalue weighted by Crippen LogP contribution is 2.45. The molecule has 0 saturated carbocycles. The van der Waals surface area contributed by atoms with Crippen molar-refractivity contribution < 1.29 is 0 Å². The van der Waals surface area contributed by atoms with Crippen LogP contribution in [0.4, 0.5) is 0 Å². The predicted octanol–water partition coefficient (Wildman–Crippen LogP) is 12.4. The summed E-state index contributed by atoms with van der Waals surface area (Å²) in [5.74, 6) is 0.822. The van der Waals surface area contributed by atoms with Crippen LogP contribution in [0.1, 0.15) is 0 Å². The van der Waals surface area contributed by atoms with Gasteiger partial charge in [-0.2, -0.15) is 0 Å². The van der Waals surface area contributed by atoms with Crippen LogP contribution in [0.25, 0.3) is 110 Å². The highest BCUT2D eigenvalue weighted by molar-refractivity contribution is 6.31. The number of aromatic nitrogens is 4. The van der Waals surface area contributed by atoms with Gasteiger partial charge < -0.3 is 4.40 Å². The van der Waals surface area contributed by atoms with Gasteiger partial charge in [-0.3, -0.25) is 4.57 Å². The fourth-order valence-electron chi connectivity index (χ4n) is 8.85. The summed E-state index contributed by atoms with van der Waals surface area (Å²) in [6, 6.07) is 61.0. The Morgan fingerprint density at radius 1 is 0.385 bits per heavy atom. The lowest BCUT2D eigenvalue weighted by Crippen LogP contribution is -2.04. The van der Waals surface area contributed by atoms with Crippen molar-refractivity contribution in [2.45, 2.75) is 0 Å². The van der Waals surface area contributed by atoms with Crippen LogP contribution in [0.5, 0.6) is 0 Å². The molecule has 0 unspecified atom stereocenters. The van der Waals surface area contributed by atoms with Gasteiger partial charge in [0, 0.05) is 32.5 Å². The van der Waals surface area contributed by atoms with Gasteiger partial charge in [0.2, 0.25) is 0 Å². The molecule has 0 fully saturated rings. The average Bonchev–Trinajstić information content (AvgIpc) is 3.69. The maximum absolute atomic E-state index is 5.57. The lowest BCUT2D eigenvalue weighted by molar-refractivity contribution is 1.08. The van der Waals surface area contributed by atoms with E-state index in [1.807, 2.05) is 0 Å². The standard InChI is InChI=1S/C48H28N4/c1-3-13-29(14-4-1)32-19-9-17-31-27-38-39(28-37(31)32)49-46(30-15-5-2-6-16-30)48(50-38)52-41-24-11-20-34-36-22-10-21-35-33-18-7-8-23-40(33)51(47(35)36)42-25-12-26-43(52)45(42)44(34)41/h1-28H. The van der Waals surface area contributed by atoms with Gasteiger partial charge in [-0.25, -0.2) is 9.97 Å². The zero-order chi connectivity index (χ0) is 33.9. The number of fused-ring (bicyclic) bond motifs is 7. The van der Waals surface area contributed by atoms with Crippen LogP contribution in [-0.4, -0.2) is 18.9 Å². The normalized spacial score (nSPS) is 12.2. The van der Waals surface area contributed by atoms with E-state index >= 15 is 0 Å². The molecule has 0 aliphatic carbocycles. The molecule has 8 aromatic carbocycles. The van der Waals surface area contributed by atoms with Gasteiger partial charge in [-0.05, 0) is 63.7 Å². The molecule has 12 aromatic rings. The number of hydrogen-bond donors (Lipinski definition) is 0. The average molecular weight is 661 g/mol. The minimum Gasteiger partial charge on any atom is -0.308 e. The molecule has 4 heterocycles. The largest absolute Gasteiger partial charge is 0.308 e. The summed E-state index contributed by atoms with van der Waals surface area (Å²) in [6.07, 6.45) is 0. The Hall–Kier alpha value is -7.04. The van der Waals surface area contributed by atoms with E-state index in [0.717, 1.165) is 44.5 Å². The Morgan fingerprint density at radius 3 is 1.83 bits per heavy atom. The third kappa shape index (κ3) is 3.65. The molecule has 0 aliphatic heterocycles. The van der Waals surface area contributed by atoms with Gasteiger partial charge in [-0.15, -0.1) is 0 Å². The summed E-state index contributed by atoms with van der Waals surface area (Å²) in [5.41, 5.74) is 11.9. The number of rotatable bonds is 3. The van der Waals surface area contributed by atoms with Gasteiger partial charge in [0.1, 0.15) is 5.69 Å². The van der Waals surface area contributed by atoms with Crippen LogP contribution in [0.15, 0.2) is 170 Å². The Morgan fingerprint density at radius 2 is 0.981 bits per heavy atom. The van der Waals surface area contributed by atoms with Crippen molar-refractivity contribution in [1.82, 2.24) is 18.9 Å². The minimum absolute atomic E-state index is 0.822. The van der Waals surface area contributed by atoms with Crippen molar-refractivity contribution in [3.63, 3.8) is 0 Å². The second-order valence-corrected chi connectivity index (χ2v) is 13.8. The van der Waals surface area contributed by atoms with Crippen LogP contribution in [-0.2, 0) is 0 Å². The number of nitrogens with zero attached hydrogens (tertiary/aromatic N) is 4. The number of para-hydroxylation sites is 2. The Kier molecular flexibility index (Phi) is 5.47. The van der Waals surface area contributed by atoms with Crippen molar-refractivity contribution in [3.05, 3.63) is 170 Å². The summed E-state index contributed by atoms with van der Waals surface area (Å²) in [5, 5.41) is 9.77. The lowest BCUT2D eigenvalue weighted by Gasteiger charge is -2.15. The number of hydrogen-bond acceptors (Lipinski definition) is 2. The molecule has 0 aliphatic rings. The van der Waals surface area contributed by atoms with Crippen molar-refractivity contribution in [2.24, 2.45) is 0 Å². The van der Waals surface area contributed by atoms with Crippen LogP contribution < -0.4 is 0 Å². The highest BCUT2D eigenvalue weighted by Gasteiger charge is 2.24. The monoisotopic (exact) mass is 660 g/mol. The maximum atomic E-state index is 5.57. The van der Waals surface area contributed by atoms with Gasteiger partial charge in [-0.1, -0.05) is 133 Å². The summed E-state index contributed by atoms with van der Waals surface area (Å²) in [7, 11) is 0. The van der Waals surface area contributed by atoms with Gasteiger partial charge >= 0.3 is 0 Å². The third-order valence-electron chi connectivity index (χ3n) is 11.0. The first-order valence-corrected chi connectivity index (χ1v) is 17.8. The highest BCUT2D eigenvalue weighted by atomic mass is 15.1. The molecule has 0 atom stereocenters. The summed E-state index contributed by atoms with van der Waals surface area (Å²) >= 11 is 0. The second-order valence-electron chi connectivity index (χ2n) is 13.8. The second kappa shape index (κ2) is 10.3. The first-order valence-electron chi connectivity index (χ1n) is 17.8. The van der Waals surface area contributed by atoms with E-state index < -0.39 is 0 Å². The number of benzene rings is 8. The molecule has 0 amide bonds. The minimum atomic E-state index is 0.822. The van der Waals surface area contributed by atoms with Crippen LogP contribution >= 0.6 is 0 Å². The molecular weight excluding hydrogens is 633 g/mol. The molecule has 0 radical (unpaired) electrons. The van der Waals surface area contributed by atoms with Gasteiger partial charge in [0.25, 0.3) is 0 Å². The SMILES string of the molecule is c1ccc(-c2nc3cc4c(-c5ccccc5)cccc4cc3nc2-n2c3cccc4c5cccc6c7ccccc7n(c7cccc2c7c43)c56)cc1. The van der Waals surface area contributed by atoms with Gasteiger partial charge in [0.15, 0.2) is 5.82 Å². The van der Waals surface area contributed by atoms with Crippen molar-refractivity contribution >= 4 is 81.7 Å². The summed E-state index contributed by atoms with van der Waals surface area (Å²) < 4.78 is 4.83. The molecule has 4 heteroatoms. The van der Waals surface area contributed by atoms with Crippen LogP contribution in [0.2, 0.25) is 0 Å². The smallest absolute Gasteiger partial charge is 0.165 e. The third-order valence-corrected chi connectivity index (χ3v) is 11.0. The van der Waals surface area contributed by atoms with Gasteiger partial charge in [0.05, 0.1) is 38.6 Å². The van der Waals surface area contributed by atoms with Crippen molar-refractivity contribution in [2.75, 3.05) is 0 Å². The van der Waals surface area contributed by atoms with Crippen LogP contribution in [0, 0.1) is 0 Å². The summed E-state index contributed by atoms with van der Waals surface area (Å²) in [6.45, 7) is 0. The molecular formula is C48H28N4. The van der Waals surface area contributed by atoms with E-state index in [-0.39, 0.29) is 0 Å². The molecule has 0 bridgehead atoms. The molecule has 0 N–H and O–H groups in total. The molecule has 4 aromatic heterocycles. The van der Waals surface area contributed by atoms with E-state index in [1.54, 1.807) is 0 Å². The van der Waals surface area contributed by atoms with E-state index in [4.69, 9.17) is 9.97 Å². The zero-order valence-electron chi connectivity index (χ0n) is 28.0. The van der Waals surface area contributed by atoms with E-state index in [9.17, 15) is 0 Å². The molecule has 240 valence electrons. The molecule has 0 spiro atoms. The van der Waals surface area contributed by atoms with Crippen molar-refractivity contribution in [3.8, 4) is 28.2 Å². The Balaban J connectivity index is 1.25. The predicted molar refractivity (Wildman–Crippen MR) is 217 cm³/mol. The summed E-state index contributed by atoms with van der Waals surface area (Å²) in [4.78, 5) is 11.1. The van der Waals surface area contributed by atoms with Crippen LogP contribution in [0.3, 0.4) is 0 Å². The topological polar surface area (TPSA) is 35.1 Å². The Labute approximate surface area is 297 Å². The maximum Gasteiger partial charge on any atom is 0.165 e. The lowest BCUT2D eigenvalue weighted by atomic mass is 9.97. The van der Waals surface area contributed by atoms with Crippen molar-refractivity contribution in [1.29, 1.82) is 0 Å². The quantitative estimate of drug-likeness (QED) is 0.177. The van der Waals surface area contributed by atoms with E-state index in [1.165, 1.54) is 65.4 Å². The van der Waals surface area contributed by atoms with E-state index in [0.29, 0.717) is 0 Å². The molecule has 0 saturated heterocycles. The first kappa shape index (κ1) is 27.7. The fraction of sp³-hybridized carbons (Fsp3) is 0. The molecule has 4 nitrogen and oxygen atoms in total. The fourth-order valence-corrected chi connectivity index (χ4v) is 8.85. The Bertz CT molecular complexity index is 3390.